The predicted molar refractivity (Wildman–Crippen MR) is 103 cm³/mol. The minimum Gasteiger partial charge on any atom is -0.411 e. The fraction of sp³-hybridized carbons (Fsp3) is 0.800. The number of hydrogen-bond acceptors (Lipinski definition) is 4. The van der Waals surface area contributed by atoms with Crippen LogP contribution in [0.25, 0.3) is 0 Å². The van der Waals surface area contributed by atoms with Crippen LogP contribution >= 0.6 is 0 Å². The van der Waals surface area contributed by atoms with Crippen LogP contribution in [0.15, 0.2) is 12.2 Å². The number of alkyl halides is 34. The molecule has 0 heterocycles. The lowest BCUT2D eigenvalue weighted by Gasteiger charge is -2.43. The molecule has 0 amide bonds. The van der Waals surface area contributed by atoms with Gasteiger partial charge in [0.05, 0.1) is 0 Å². The average molecular weight is 952 g/mol. The standard InChI is InChI=1S/C20H2F34O4/c21-5(22,9(29,30)13(37,38)17(43,44)45)7(25,26)11(33,34)15(41,19(49,50)51)57-3(55)1-2-4(56)58-16(42,20(52,53)54)12(35,36)8(27,28)6(23,24)10(31,32)14(39,40)18(46,47)48/h1-2H/b2-1-. The van der Waals surface area contributed by atoms with E-state index in [1.807, 2.05) is 0 Å². The number of ether oxygens (including phenoxy) is 2. The third-order valence-electron chi connectivity index (χ3n) is 6.24. The van der Waals surface area contributed by atoms with Crippen LogP contribution in [-0.4, -0.2) is 108 Å². The molecule has 0 rings (SSSR count). The van der Waals surface area contributed by atoms with E-state index in [0.29, 0.717) is 0 Å². The number of carbonyl (C=O) groups excluding carboxylic acids is 2. The first kappa shape index (κ1) is 54.3. The van der Waals surface area contributed by atoms with Gasteiger partial charge in [-0.15, -0.1) is 0 Å². The second-order valence-electron chi connectivity index (χ2n) is 10.1. The Morgan fingerprint density at radius 3 is 0.552 bits per heavy atom. The number of hydrogen-bond donors (Lipinski definition) is 0. The molecule has 0 aliphatic heterocycles. The number of esters is 2. The zero-order valence-electron chi connectivity index (χ0n) is 24.6. The quantitative estimate of drug-likeness (QED) is 0.0989. The summed E-state index contributed by atoms with van der Waals surface area (Å²) in [6.07, 6.45) is -37.6. The smallest absolute Gasteiger partial charge is 0.411 e. The topological polar surface area (TPSA) is 52.6 Å². The van der Waals surface area contributed by atoms with Crippen LogP contribution in [0.4, 0.5) is 149 Å². The van der Waals surface area contributed by atoms with Crippen molar-refractivity contribution in [3.63, 3.8) is 0 Å². The molecule has 2 unspecified atom stereocenters. The molecule has 0 fully saturated rings. The van der Waals surface area contributed by atoms with Crippen molar-refractivity contribution in [2.45, 2.75) is 95.6 Å². The highest BCUT2D eigenvalue weighted by Gasteiger charge is 2.98. The van der Waals surface area contributed by atoms with Gasteiger partial charge in [0.25, 0.3) is 0 Å². The van der Waals surface area contributed by atoms with Gasteiger partial charge in [0.2, 0.25) is 0 Å². The first-order valence-electron chi connectivity index (χ1n) is 12.1. The van der Waals surface area contributed by atoms with Gasteiger partial charge in [0.15, 0.2) is 0 Å². The minimum atomic E-state index is -9.38. The van der Waals surface area contributed by atoms with Gasteiger partial charge in [-0.2, -0.15) is 149 Å². The Labute approximate surface area is 289 Å². The fourth-order valence-corrected chi connectivity index (χ4v) is 3.02. The summed E-state index contributed by atoms with van der Waals surface area (Å²) in [4.78, 5) is 22.6. The maximum Gasteiger partial charge on any atom is 0.467 e. The molecule has 0 bridgehead atoms. The molecule has 0 saturated heterocycles. The van der Waals surface area contributed by atoms with E-state index in [0.717, 1.165) is 0 Å². The molecule has 2 atom stereocenters. The normalized spacial score (nSPS) is 18.2. The van der Waals surface area contributed by atoms with Crippen molar-refractivity contribution in [2.75, 3.05) is 0 Å². The van der Waals surface area contributed by atoms with Crippen molar-refractivity contribution in [1.82, 2.24) is 0 Å². The second kappa shape index (κ2) is 13.9. The van der Waals surface area contributed by atoms with Gasteiger partial charge in [-0.05, 0) is 0 Å². The largest absolute Gasteiger partial charge is 0.467 e. The summed E-state index contributed by atoms with van der Waals surface area (Å²) < 4.78 is 453. The molecule has 0 saturated carbocycles. The van der Waals surface area contributed by atoms with E-state index < -0.39 is 120 Å². The monoisotopic (exact) mass is 952 g/mol. The summed E-state index contributed by atoms with van der Waals surface area (Å²) >= 11 is 0. The molecule has 0 N–H and O–H groups in total. The lowest BCUT2D eigenvalue weighted by Crippen LogP contribution is -2.75. The van der Waals surface area contributed by atoms with Crippen molar-refractivity contribution in [3.05, 3.63) is 12.2 Å². The van der Waals surface area contributed by atoms with E-state index in [4.69, 9.17) is 0 Å². The van der Waals surface area contributed by atoms with E-state index in [9.17, 15) is 159 Å². The van der Waals surface area contributed by atoms with Gasteiger partial charge in [0, 0.05) is 12.2 Å². The second-order valence-corrected chi connectivity index (χ2v) is 10.1. The Bertz CT molecular complexity index is 1440. The maximum absolute atomic E-state index is 14.3. The van der Waals surface area contributed by atoms with Crippen molar-refractivity contribution in [2.24, 2.45) is 0 Å². The van der Waals surface area contributed by atoms with Gasteiger partial charge in [0.1, 0.15) is 0 Å². The molecule has 4 nitrogen and oxygen atoms in total. The van der Waals surface area contributed by atoms with E-state index in [-0.39, 0.29) is 0 Å². The number of carbonyl (C=O) groups is 2. The lowest BCUT2D eigenvalue weighted by molar-refractivity contribution is -0.477. The zero-order valence-corrected chi connectivity index (χ0v) is 24.6. The Balaban J connectivity index is 7.25. The third kappa shape index (κ3) is 7.30. The van der Waals surface area contributed by atoms with Crippen LogP contribution in [-0.2, 0) is 19.1 Å². The molecule has 0 aromatic rings. The van der Waals surface area contributed by atoms with Crippen LogP contribution in [0, 0.1) is 0 Å². The molecular formula is C20H2F34O4. The van der Waals surface area contributed by atoms with E-state index in [1.165, 1.54) is 0 Å². The Morgan fingerprint density at radius 1 is 0.241 bits per heavy atom. The Morgan fingerprint density at radius 2 is 0.397 bits per heavy atom. The van der Waals surface area contributed by atoms with E-state index in [2.05, 4.69) is 0 Å². The van der Waals surface area contributed by atoms with Crippen molar-refractivity contribution in [1.29, 1.82) is 0 Å². The van der Waals surface area contributed by atoms with Crippen LogP contribution < -0.4 is 0 Å². The van der Waals surface area contributed by atoms with Gasteiger partial charge in [-0.3, -0.25) is 0 Å². The Kier molecular flexibility index (Phi) is 13.0. The molecule has 0 spiro atoms. The van der Waals surface area contributed by atoms with Gasteiger partial charge in [-0.25, -0.2) is 9.59 Å². The van der Waals surface area contributed by atoms with Crippen molar-refractivity contribution in [3.8, 4) is 0 Å². The molecular weight excluding hydrogens is 950 g/mol. The molecule has 0 aliphatic rings. The third-order valence-corrected chi connectivity index (χ3v) is 6.24. The van der Waals surface area contributed by atoms with Crippen molar-refractivity contribution < 1.29 is 168 Å². The molecule has 38 heteroatoms. The SMILES string of the molecule is O=C(/C=C\C(=O)OC(F)(C(F)(F)F)C(F)(F)C(F)(F)C(F)(F)C(F)(F)C(F)(F)C(F)(F)F)OC(F)(C(F)(F)F)C(F)(F)C(F)(F)C(F)(F)C(F)(F)C(F)(F)C(F)(F)F. The summed E-state index contributed by atoms with van der Waals surface area (Å²) in [6.45, 7) is 0. The zero-order chi connectivity index (χ0) is 48.0. The first-order valence-corrected chi connectivity index (χ1v) is 12.1. The predicted octanol–water partition coefficient (Wildman–Crippen LogP) is 10.6. The summed E-state index contributed by atoms with van der Waals surface area (Å²) in [7, 11) is 0. The maximum atomic E-state index is 14.3. The molecule has 58 heavy (non-hydrogen) atoms. The summed E-state index contributed by atoms with van der Waals surface area (Å²) in [5, 5.41) is 0. The van der Waals surface area contributed by atoms with E-state index in [1.54, 1.807) is 9.47 Å². The molecule has 0 aliphatic carbocycles. The highest BCUT2D eigenvalue weighted by Crippen LogP contribution is 2.66. The number of halogens is 34. The highest BCUT2D eigenvalue weighted by molar-refractivity contribution is 5.92. The molecule has 0 aromatic carbocycles. The molecule has 0 aromatic heterocycles. The Hall–Kier alpha value is -3.70. The van der Waals surface area contributed by atoms with Crippen LogP contribution in [0.5, 0.6) is 0 Å². The van der Waals surface area contributed by atoms with E-state index >= 15 is 0 Å². The minimum absolute atomic E-state index is 1.75. The summed E-state index contributed by atoms with van der Waals surface area (Å²) in [5.74, 6) is -117. The van der Waals surface area contributed by atoms with Crippen LogP contribution in [0.1, 0.15) is 0 Å². The fourth-order valence-electron chi connectivity index (χ4n) is 3.02. The van der Waals surface area contributed by atoms with Crippen LogP contribution in [0.2, 0.25) is 0 Å². The van der Waals surface area contributed by atoms with Crippen molar-refractivity contribution >= 4 is 11.9 Å². The number of rotatable bonds is 14. The molecule has 0 radical (unpaired) electrons. The lowest BCUT2D eigenvalue weighted by atomic mass is 9.90. The van der Waals surface area contributed by atoms with Gasteiger partial charge in [-0.1, -0.05) is 0 Å². The summed E-state index contributed by atoms with van der Waals surface area (Å²) in [5.41, 5.74) is 0. The first-order chi connectivity index (χ1) is 24.5. The highest BCUT2D eigenvalue weighted by atomic mass is 19.5. The molecule has 344 valence electrons. The van der Waals surface area contributed by atoms with Gasteiger partial charge < -0.3 is 9.47 Å². The average Bonchev–Trinajstić information content (AvgIpc) is 2.96. The van der Waals surface area contributed by atoms with Gasteiger partial charge >= 0.3 is 108 Å². The van der Waals surface area contributed by atoms with Crippen LogP contribution in [0.3, 0.4) is 0 Å². The summed E-state index contributed by atoms with van der Waals surface area (Å²) in [6, 6.07) is 0.